The van der Waals surface area contributed by atoms with Gasteiger partial charge in [0.25, 0.3) is 5.91 Å². The standard InChI is InChI=1S/C24H34N4O/c1-4-5-6-7-8-11-14-26-24(29)20(18-25)17-21-19-28(16-15-27(2)3)23-13-10-9-12-22(21)23/h9-10,12-13,17,19H,4-8,11,14-16H2,1-3H3,(H,26,29)/b20-17-. The van der Waals surface area contributed by atoms with Gasteiger partial charge < -0.3 is 14.8 Å². The lowest BCUT2D eigenvalue weighted by Gasteiger charge is -2.10. The molecule has 1 aromatic carbocycles. The summed E-state index contributed by atoms with van der Waals surface area (Å²) in [5.41, 5.74) is 2.18. The summed E-state index contributed by atoms with van der Waals surface area (Å²) in [5, 5.41) is 13.5. The molecule has 0 aliphatic rings. The first-order valence-corrected chi connectivity index (χ1v) is 10.7. The highest BCUT2D eigenvalue weighted by molar-refractivity contribution is 6.04. The van der Waals surface area contributed by atoms with Gasteiger partial charge in [0, 0.05) is 42.3 Å². The average Bonchev–Trinajstić information content (AvgIpc) is 3.07. The topological polar surface area (TPSA) is 61.1 Å². The molecule has 0 radical (unpaired) electrons. The number of aromatic nitrogens is 1. The van der Waals surface area contributed by atoms with Crippen LogP contribution in [0, 0.1) is 11.3 Å². The monoisotopic (exact) mass is 394 g/mol. The summed E-state index contributed by atoms with van der Waals surface area (Å²) < 4.78 is 2.18. The first kappa shape index (κ1) is 22.7. The molecule has 0 saturated carbocycles. The zero-order chi connectivity index (χ0) is 21.1. The average molecular weight is 395 g/mol. The van der Waals surface area contributed by atoms with Crippen LogP contribution in [0.4, 0.5) is 0 Å². The number of hydrogen-bond acceptors (Lipinski definition) is 3. The predicted molar refractivity (Wildman–Crippen MR) is 120 cm³/mol. The van der Waals surface area contributed by atoms with Crippen LogP contribution in [-0.2, 0) is 11.3 Å². The molecule has 2 aromatic rings. The van der Waals surface area contributed by atoms with Crippen molar-refractivity contribution in [3.8, 4) is 6.07 Å². The summed E-state index contributed by atoms with van der Waals surface area (Å²) in [6, 6.07) is 10.2. The smallest absolute Gasteiger partial charge is 0.261 e. The molecule has 29 heavy (non-hydrogen) atoms. The lowest BCUT2D eigenvalue weighted by atomic mass is 10.1. The van der Waals surface area contributed by atoms with E-state index in [1.54, 1.807) is 6.08 Å². The summed E-state index contributed by atoms with van der Waals surface area (Å²) in [5.74, 6) is -0.286. The third-order valence-corrected chi connectivity index (χ3v) is 5.09. The van der Waals surface area contributed by atoms with Gasteiger partial charge in [-0.15, -0.1) is 0 Å². The van der Waals surface area contributed by atoms with Gasteiger partial charge in [-0.1, -0.05) is 57.2 Å². The zero-order valence-corrected chi connectivity index (χ0v) is 18.1. The molecule has 0 spiro atoms. The second-order valence-corrected chi connectivity index (χ2v) is 7.79. The van der Waals surface area contributed by atoms with Crippen LogP contribution in [0.2, 0.25) is 0 Å². The second kappa shape index (κ2) is 12.1. The fourth-order valence-corrected chi connectivity index (χ4v) is 3.39. The molecule has 0 fully saturated rings. The van der Waals surface area contributed by atoms with Crippen molar-refractivity contribution in [2.45, 2.75) is 52.0 Å². The van der Waals surface area contributed by atoms with E-state index in [2.05, 4.69) is 47.9 Å². The Morgan fingerprint density at radius 2 is 1.90 bits per heavy atom. The van der Waals surface area contributed by atoms with Gasteiger partial charge >= 0.3 is 0 Å². The third kappa shape index (κ3) is 7.07. The Morgan fingerprint density at radius 3 is 2.62 bits per heavy atom. The van der Waals surface area contributed by atoms with E-state index < -0.39 is 0 Å². The molecule has 5 heteroatoms. The number of nitriles is 1. The van der Waals surface area contributed by atoms with Crippen molar-refractivity contribution in [1.82, 2.24) is 14.8 Å². The summed E-state index contributed by atoms with van der Waals surface area (Å²) in [6.45, 7) is 4.60. The first-order chi connectivity index (χ1) is 14.1. The van der Waals surface area contributed by atoms with Gasteiger partial charge in [-0.25, -0.2) is 0 Å². The van der Waals surface area contributed by atoms with Crippen molar-refractivity contribution in [2.24, 2.45) is 0 Å². The number of hydrogen-bond donors (Lipinski definition) is 1. The van der Waals surface area contributed by atoms with Crippen LogP contribution < -0.4 is 5.32 Å². The molecule has 0 atom stereocenters. The molecule has 0 bridgehead atoms. The van der Waals surface area contributed by atoms with Gasteiger partial charge in [0.2, 0.25) is 0 Å². The molecule has 1 heterocycles. The number of nitrogens with zero attached hydrogens (tertiary/aromatic N) is 3. The van der Waals surface area contributed by atoms with E-state index in [1.807, 2.05) is 24.4 Å². The van der Waals surface area contributed by atoms with E-state index >= 15 is 0 Å². The van der Waals surface area contributed by atoms with E-state index in [-0.39, 0.29) is 11.5 Å². The van der Waals surface area contributed by atoms with Crippen LogP contribution in [0.1, 0.15) is 51.0 Å². The minimum atomic E-state index is -0.286. The largest absolute Gasteiger partial charge is 0.351 e. The number of amides is 1. The van der Waals surface area contributed by atoms with Gasteiger partial charge in [-0.05, 0) is 32.7 Å². The molecular formula is C24H34N4O. The van der Waals surface area contributed by atoms with Gasteiger partial charge in [0.05, 0.1) is 0 Å². The lowest BCUT2D eigenvalue weighted by molar-refractivity contribution is -0.117. The molecule has 2 rings (SSSR count). The number of unbranched alkanes of at least 4 members (excludes halogenated alkanes) is 5. The Hall–Kier alpha value is -2.58. The Bertz CT molecular complexity index is 857. The maximum Gasteiger partial charge on any atom is 0.261 e. The van der Waals surface area contributed by atoms with Crippen LogP contribution in [0.3, 0.4) is 0 Å². The summed E-state index contributed by atoms with van der Waals surface area (Å²) >= 11 is 0. The Balaban J connectivity index is 2.05. The van der Waals surface area contributed by atoms with Crippen molar-refractivity contribution in [3.05, 3.63) is 41.6 Å². The molecule has 0 unspecified atom stereocenters. The van der Waals surface area contributed by atoms with Gasteiger partial charge in [-0.2, -0.15) is 5.26 Å². The maximum absolute atomic E-state index is 12.5. The van der Waals surface area contributed by atoms with Crippen molar-refractivity contribution < 1.29 is 4.79 Å². The van der Waals surface area contributed by atoms with Crippen molar-refractivity contribution in [1.29, 1.82) is 5.26 Å². The fourth-order valence-electron chi connectivity index (χ4n) is 3.39. The number of likely N-dealkylation sites (N-methyl/N-ethyl adjacent to an activating group) is 1. The third-order valence-electron chi connectivity index (χ3n) is 5.09. The van der Waals surface area contributed by atoms with Gasteiger partial charge in [0.1, 0.15) is 11.6 Å². The van der Waals surface area contributed by atoms with Crippen LogP contribution in [0.25, 0.3) is 17.0 Å². The molecule has 1 N–H and O–H groups in total. The van der Waals surface area contributed by atoms with E-state index in [0.29, 0.717) is 6.54 Å². The molecule has 156 valence electrons. The Labute approximate surface area is 175 Å². The van der Waals surface area contributed by atoms with Gasteiger partial charge in [0.15, 0.2) is 0 Å². The summed E-state index contributed by atoms with van der Waals surface area (Å²) in [7, 11) is 4.10. The number of nitrogens with one attached hydrogen (secondary N) is 1. The van der Waals surface area contributed by atoms with Crippen molar-refractivity contribution >= 4 is 22.9 Å². The normalized spacial score (nSPS) is 11.8. The predicted octanol–water partition coefficient (Wildman–Crippen LogP) is 4.59. The Morgan fingerprint density at radius 1 is 1.17 bits per heavy atom. The van der Waals surface area contributed by atoms with Crippen molar-refractivity contribution in [3.63, 3.8) is 0 Å². The highest BCUT2D eigenvalue weighted by Crippen LogP contribution is 2.23. The fraction of sp³-hybridized carbons (Fsp3) is 0.500. The van der Waals surface area contributed by atoms with E-state index in [0.717, 1.165) is 42.4 Å². The molecule has 0 saturated heterocycles. The zero-order valence-electron chi connectivity index (χ0n) is 18.1. The van der Waals surface area contributed by atoms with Crippen molar-refractivity contribution in [2.75, 3.05) is 27.2 Å². The SMILES string of the molecule is CCCCCCCCNC(=O)/C(C#N)=C\c1cn(CCN(C)C)c2ccccc12. The molecule has 1 aromatic heterocycles. The quantitative estimate of drug-likeness (QED) is 0.325. The number of benzene rings is 1. The van der Waals surface area contributed by atoms with Crippen LogP contribution in [0.15, 0.2) is 36.0 Å². The van der Waals surface area contributed by atoms with E-state index in [1.165, 1.54) is 25.7 Å². The number of carbonyl (C=O) groups is 1. The number of para-hydroxylation sites is 1. The number of rotatable bonds is 12. The molecule has 5 nitrogen and oxygen atoms in total. The highest BCUT2D eigenvalue weighted by atomic mass is 16.1. The van der Waals surface area contributed by atoms with Crippen LogP contribution >= 0.6 is 0 Å². The van der Waals surface area contributed by atoms with Gasteiger partial charge in [-0.3, -0.25) is 4.79 Å². The minimum Gasteiger partial charge on any atom is -0.351 e. The molecule has 0 aliphatic heterocycles. The molecule has 0 aliphatic carbocycles. The first-order valence-electron chi connectivity index (χ1n) is 10.7. The number of fused-ring (bicyclic) bond motifs is 1. The second-order valence-electron chi connectivity index (χ2n) is 7.79. The maximum atomic E-state index is 12.5. The lowest BCUT2D eigenvalue weighted by Crippen LogP contribution is -2.25. The summed E-state index contributed by atoms with van der Waals surface area (Å²) in [4.78, 5) is 14.6. The highest BCUT2D eigenvalue weighted by Gasteiger charge is 2.12. The minimum absolute atomic E-state index is 0.159. The Kier molecular flexibility index (Phi) is 9.46. The van der Waals surface area contributed by atoms with Crippen LogP contribution in [0.5, 0.6) is 0 Å². The molecule has 1 amide bonds. The van der Waals surface area contributed by atoms with E-state index in [4.69, 9.17) is 0 Å². The summed E-state index contributed by atoms with van der Waals surface area (Å²) in [6.07, 6.45) is 10.8. The van der Waals surface area contributed by atoms with E-state index in [9.17, 15) is 10.1 Å². The van der Waals surface area contributed by atoms with Crippen LogP contribution in [-0.4, -0.2) is 42.6 Å². The number of carbonyl (C=O) groups excluding carboxylic acids is 1. The molecular weight excluding hydrogens is 360 g/mol.